The molecule has 4 rings (SSSR count). The van der Waals surface area contributed by atoms with Gasteiger partial charge in [-0.15, -0.1) is 0 Å². The first-order chi connectivity index (χ1) is 13.3. The maximum Gasteiger partial charge on any atom is 0.326 e. The van der Waals surface area contributed by atoms with E-state index in [1.165, 1.54) is 16.8 Å². The Labute approximate surface area is 158 Å². The van der Waals surface area contributed by atoms with Crippen LogP contribution in [0, 0.1) is 0 Å². The number of rotatable bonds is 6. The molecule has 0 saturated heterocycles. The van der Waals surface area contributed by atoms with E-state index < -0.39 is 15.5 Å². The molecule has 1 aliphatic carbocycles. The van der Waals surface area contributed by atoms with Crippen molar-refractivity contribution in [1.82, 2.24) is 29.5 Å². The van der Waals surface area contributed by atoms with Gasteiger partial charge in [-0.1, -0.05) is 0 Å². The summed E-state index contributed by atoms with van der Waals surface area (Å²) in [5, 5.41) is 17.4. The fraction of sp³-hybridized carbons (Fsp3) is 0.400. The third-order valence-electron chi connectivity index (χ3n) is 4.01. The first kappa shape index (κ1) is 18.2. The zero-order valence-corrected chi connectivity index (χ0v) is 15.7. The number of sulfone groups is 1. The molecule has 148 valence electrons. The molecule has 0 spiro atoms. The maximum atomic E-state index is 11.3. The molecule has 28 heavy (non-hydrogen) atoms. The minimum absolute atomic E-state index is 0.0622. The quantitative estimate of drug-likeness (QED) is 0.361. The first-order valence-electron chi connectivity index (χ1n) is 8.53. The smallest absolute Gasteiger partial charge is 0.326 e. The van der Waals surface area contributed by atoms with Crippen LogP contribution in [0.4, 0.5) is 5.95 Å². The van der Waals surface area contributed by atoms with Crippen LogP contribution in [0.3, 0.4) is 0 Å². The van der Waals surface area contributed by atoms with E-state index in [9.17, 15) is 18.3 Å². The topological polar surface area (TPSA) is 170 Å². The Morgan fingerprint density at radius 3 is 2.82 bits per heavy atom. The Balaban J connectivity index is 1.81. The van der Waals surface area contributed by atoms with Crippen LogP contribution in [0.15, 0.2) is 16.0 Å². The molecule has 3 aromatic rings. The van der Waals surface area contributed by atoms with E-state index in [0.717, 1.165) is 19.1 Å². The monoisotopic (exact) mass is 406 g/mol. The molecule has 1 aliphatic rings. The molecule has 13 heteroatoms. The third kappa shape index (κ3) is 4.03. The molecular formula is C15H18N8O4S. The molecule has 0 unspecified atom stereocenters. The highest BCUT2D eigenvalue weighted by molar-refractivity contribution is 7.90. The van der Waals surface area contributed by atoms with Gasteiger partial charge in [0.1, 0.15) is 15.5 Å². The van der Waals surface area contributed by atoms with Crippen molar-refractivity contribution in [2.45, 2.75) is 18.9 Å². The first-order valence-corrected chi connectivity index (χ1v) is 10.6. The highest BCUT2D eigenvalue weighted by atomic mass is 32.2. The zero-order chi connectivity index (χ0) is 19.9. The van der Waals surface area contributed by atoms with Crippen LogP contribution < -0.4 is 21.8 Å². The Hall–Kier alpha value is -3.22. The van der Waals surface area contributed by atoms with Crippen LogP contribution in [0.25, 0.3) is 11.7 Å². The van der Waals surface area contributed by atoms with Crippen LogP contribution in [-0.4, -0.2) is 67.7 Å². The van der Waals surface area contributed by atoms with E-state index in [-0.39, 0.29) is 35.9 Å². The third-order valence-corrected chi connectivity index (χ3v) is 4.96. The van der Waals surface area contributed by atoms with Gasteiger partial charge >= 0.3 is 5.69 Å². The maximum absolute atomic E-state index is 11.3. The number of anilines is 1. The Morgan fingerprint density at radius 1 is 1.39 bits per heavy atom. The second-order valence-corrected chi connectivity index (χ2v) is 8.84. The average Bonchev–Trinajstić information content (AvgIpc) is 3.23. The van der Waals surface area contributed by atoms with Gasteiger partial charge in [0.15, 0.2) is 5.65 Å². The zero-order valence-electron chi connectivity index (χ0n) is 14.9. The number of hydrogen-bond donors (Lipinski definition) is 4. The van der Waals surface area contributed by atoms with E-state index in [2.05, 4.69) is 35.3 Å². The summed E-state index contributed by atoms with van der Waals surface area (Å²) in [7, 11) is -3.13. The predicted molar refractivity (Wildman–Crippen MR) is 99.4 cm³/mol. The lowest BCUT2D eigenvalue weighted by Gasteiger charge is -2.04. The van der Waals surface area contributed by atoms with Gasteiger partial charge in [0.2, 0.25) is 11.8 Å². The number of fused-ring (bicyclic) bond motifs is 1. The molecule has 0 amide bonds. The molecule has 0 aliphatic heterocycles. The summed E-state index contributed by atoms with van der Waals surface area (Å²) in [6.45, 7) is 0.150. The summed E-state index contributed by atoms with van der Waals surface area (Å²) in [5.41, 5.74) is 0.395. The lowest BCUT2D eigenvalue weighted by Crippen LogP contribution is -2.26. The summed E-state index contributed by atoms with van der Waals surface area (Å²) >= 11 is 0. The molecule has 1 saturated carbocycles. The van der Waals surface area contributed by atoms with Crippen molar-refractivity contribution < 1.29 is 13.5 Å². The number of nitrogens with zero attached hydrogens (tertiary/aromatic N) is 5. The van der Waals surface area contributed by atoms with Crippen molar-refractivity contribution in [3.63, 3.8) is 0 Å². The van der Waals surface area contributed by atoms with Gasteiger partial charge in [0.05, 0.1) is 18.0 Å². The van der Waals surface area contributed by atoms with Gasteiger partial charge in [-0.25, -0.2) is 18.2 Å². The second kappa shape index (κ2) is 6.74. The molecule has 1 fully saturated rings. The minimum Gasteiger partial charge on any atom is -0.493 e. The number of imidazole rings is 1. The molecule has 0 aromatic carbocycles. The van der Waals surface area contributed by atoms with Crippen molar-refractivity contribution >= 4 is 27.5 Å². The molecule has 4 N–H and O–H groups in total. The van der Waals surface area contributed by atoms with Crippen LogP contribution in [0.2, 0.25) is 0 Å². The van der Waals surface area contributed by atoms with Crippen molar-refractivity contribution in [3.8, 4) is 5.88 Å². The summed E-state index contributed by atoms with van der Waals surface area (Å²) in [6, 6.07) is 0.184. The molecule has 0 bridgehead atoms. The lowest BCUT2D eigenvalue weighted by atomic mass is 10.3. The van der Waals surface area contributed by atoms with Crippen LogP contribution in [0.1, 0.15) is 18.5 Å². The number of H-pyrrole nitrogens is 2. The molecule has 12 nitrogen and oxygen atoms in total. The number of nitrogens with one attached hydrogen (secondary N) is 3. The summed E-state index contributed by atoms with van der Waals surface area (Å²) in [6.07, 6.45) is 6.13. The van der Waals surface area contributed by atoms with Crippen LogP contribution >= 0.6 is 0 Å². The van der Waals surface area contributed by atoms with Gasteiger partial charge in [-0.2, -0.15) is 19.6 Å². The van der Waals surface area contributed by atoms with Crippen LogP contribution in [-0.2, 0) is 9.84 Å². The highest BCUT2D eigenvalue weighted by Crippen LogP contribution is 2.22. The molecular weight excluding hydrogens is 388 g/mol. The van der Waals surface area contributed by atoms with E-state index >= 15 is 0 Å². The van der Waals surface area contributed by atoms with Crippen molar-refractivity contribution in [3.05, 3.63) is 33.2 Å². The lowest BCUT2D eigenvalue weighted by molar-refractivity contribution is 0.454. The normalized spacial score (nSPS) is 16.2. The van der Waals surface area contributed by atoms with Gasteiger partial charge in [0, 0.05) is 18.0 Å². The predicted octanol–water partition coefficient (Wildman–Crippen LogP) is -2.09. The minimum atomic E-state index is -3.13. The van der Waals surface area contributed by atoms with Gasteiger partial charge in [0.25, 0.3) is 5.62 Å². The summed E-state index contributed by atoms with van der Waals surface area (Å²) in [5.74, 6) is -0.141. The van der Waals surface area contributed by atoms with Gasteiger partial charge < -0.3 is 15.4 Å². The van der Waals surface area contributed by atoms with E-state index in [1.807, 2.05) is 0 Å². The molecule has 0 radical (unpaired) electrons. The number of hydrogen-bond acceptors (Lipinski definition) is 9. The number of aromatic amines is 2. The van der Waals surface area contributed by atoms with E-state index in [4.69, 9.17) is 0 Å². The van der Waals surface area contributed by atoms with Crippen molar-refractivity contribution in [1.29, 1.82) is 0 Å². The molecule has 3 heterocycles. The number of aromatic hydroxyl groups is 1. The van der Waals surface area contributed by atoms with E-state index in [0.29, 0.717) is 16.5 Å². The van der Waals surface area contributed by atoms with Crippen molar-refractivity contribution in [2.24, 2.45) is 4.99 Å². The average molecular weight is 406 g/mol. The van der Waals surface area contributed by atoms with Crippen LogP contribution in [0.5, 0.6) is 5.88 Å². The summed E-state index contributed by atoms with van der Waals surface area (Å²) < 4.78 is 24.1. The summed E-state index contributed by atoms with van der Waals surface area (Å²) in [4.78, 5) is 29.3. The molecule has 0 atom stereocenters. The Bertz CT molecular complexity index is 1320. The Kier molecular flexibility index (Phi) is 4.37. The standard InChI is InChI=1S/C15H18N8O4S/c1-28(26,27)5-4-16-13-20-11-8(6-10-12(24)21-15(25)19-10)7-17-23(11)14(22-13)18-9-2-3-9/h6-7,9,24H,2-5H2,1H3,(H,16,18,22)(H2,19,21,25)/b8-6+. The second-order valence-electron chi connectivity index (χ2n) is 6.59. The fourth-order valence-electron chi connectivity index (χ4n) is 2.51. The Morgan fingerprint density at radius 2 is 2.18 bits per heavy atom. The molecule has 3 aromatic heterocycles. The number of aromatic nitrogens is 6. The van der Waals surface area contributed by atoms with Gasteiger partial charge in [-0.3, -0.25) is 4.98 Å². The van der Waals surface area contributed by atoms with Gasteiger partial charge in [-0.05, 0) is 18.9 Å². The SMILES string of the molecule is CS(=O)(=O)CCNc1nc(=NC2CC2)n2nc/c(=C\c3[nH]c(=O)[nH]c3O)c2n1. The highest BCUT2D eigenvalue weighted by Gasteiger charge is 2.21. The largest absolute Gasteiger partial charge is 0.493 e. The van der Waals surface area contributed by atoms with E-state index in [1.54, 1.807) is 0 Å². The van der Waals surface area contributed by atoms with Crippen molar-refractivity contribution in [2.75, 3.05) is 23.9 Å². The fourth-order valence-corrected chi connectivity index (χ4v) is 2.98.